The van der Waals surface area contributed by atoms with Crippen LogP contribution in [-0.2, 0) is 4.79 Å². The highest BCUT2D eigenvalue weighted by molar-refractivity contribution is 5.95. The molecule has 23 heavy (non-hydrogen) atoms. The predicted molar refractivity (Wildman–Crippen MR) is 91.5 cm³/mol. The number of aromatic nitrogens is 1. The number of amides is 1. The maximum Gasteiger partial charge on any atom is 0.265 e. The molecule has 1 atom stereocenters. The number of carbonyl (C=O) groups is 1. The van der Waals surface area contributed by atoms with Gasteiger partial charge in [-0.05, 0) is 30.0 Å². The number of fused-ring (bicyclic) bond motifs is 1. The van der Waals surface area contributed by atoms with Gasteiger partial charge in [0, 0.05) is 11.6 Å². The third kappa shape index (κ3) is 3.48. The van der Waals surface area contributed by atoms with Gasteiger partial charge in [-0.3, -0.25) is 9.78 Å². The third-order valence-electron chi connectivity index (χ3n) is 3.61. The Morgan fingerprint density at radius 2 is 1.96 bits per heavy atom. The van der Waals surface area contributed by atoms with E-state index in [1.54, 1.807) is 24.5 Å². The van der Waals surface area contributed by atoms with Crippen LogP contribution in [0.3, 0.4) is 0 Å². The van der Waals surface area contributed by atoms with Crippen molar-refractivity contribution in [2.24, 2.45) is 0 Å². The van der Waals surface area contributed by atoms with Crippen molar-refractivity contribution >= 4 is 22.4 Å². The highest BCUT2D eigenvalue weighted by Gasteiger charge is 2.19. The number of rotatable bonds is 5. The van der Waals surface area contributed by atoms with Gasteiger partial charge in [0.25, 0.3) is 5.91 Å². The summed E-state index contributed by atoms with van der Waals surface area (Å²) in [7, 11) is 0. The molecule has 0 aliphatic carbocycles. The normalized spacial score (nSPS) is 11.9. The molecule has 1 N–H and O–H groups in total. The summed E-state index contributed by atoms with van der Waals surface area (Å²) in [6, 6.07) is 17.4. The van der Waals surface area contributed by atoms with Crippen LogP contribution in [0, 0.1) is 0 Å². The molecule has 0 fully saturated rings. The van der Waals surface area contributed by atoms with Gasteiger partial charge >= 0.3 is 0 Å². The Labute approximate surface area is 135 Å². The lowest BCUT2D eigenvalue weighted by Crippen LogP contribution is -2.32. The number of anilines is 1. The van der Waals surface area contributed by atoms with Gasteiger partial charge < -0.3 is 10.1 Å². The number of ether oxygens (including phenoxy) is 1. The first kappa shape index (κ1) is 15.0. The Kier molecular flexibility index (Phi) is 4.52. The van der Waals surface area contributed by atoms with Crippen LogP contribution < -0.4 is 10.1 Å². The van der Waals surface area contributed by atoms with Crippen LogP contribution >= 0.6 is 0 Å². The number of hydrogen-bond donors (Lipinski definition) is 1. The lowest BCUT2D eigenvalue weighted by atomic mass is 10.1. The van der Waals surface area contributed by atoms with Crippen molar-refractivity contribution in [3.8, 4) is 5.75 Å². The fraction of sp³-hybridized carbons (Fsp3) is 0.158. The molecule has 0 aliphatic heterocycles. The lowest BCUT2D eigenvalue weighted by molar-refractivity contribution is -0.122. The Bertz CT molecular complexity index is 797. The SMILES string of the molecule is CC[C@H](Oc1cccc2ccccc12)C(=O)Nc1cccnc1. The van der Waals surface area contributed by atoms with Crippen LogP contribution in [0.1, 0.15) is 13.3 Å². The summed E-state index contributed by atoms with van der Waals surface area (Å²) >= 11 is 0. The summed E-state index contributed by atoms with van der Waals surface area (Å²) in [6.45, 7) is 1.93. The summed E-state index contributed by atoms with van der Waals surface area (Å²) in [6.07, 6.45) is 3.30. The van der Waals surface area contributed by atoms with Crippen molar-refractivity contribution in [3.05, 3.63) is 67.0 Å². The minimum absolute atomic E-state index is 0.173. The third-order valence-corrected chi connectivity index (χ3v) is 3.61. The Morgan fingerprint density at radius 1 is 1.13 bits per heavy atom. The first-order chi connectivity index (χ1) is 11.3. The highest BCUT2D eigenvalue weighted by atomic mass is 16.5. The van der Waals surface area contributed by atoms with E-state index in [2.05, 4.69) is 10.3 Å². The molecule has 4 nitrogen and oxygen atoms in total. The molecule has 3 rings (SSSR count). The van der Waals surface area contributed by atoms with E-state index in [4.69, 9.17) is 4.74 Å². The van der Waals surface area contributed by atoms with E-state index in [1.807, 2.05) is 49.4 Å². The zero-order valence-electron chi connectivity index (χ0n) is 12.9. The summed E-state index contributed by atoms with van der Waals surface area (Å²) in [5.74, 6) is 0.546. The van der Waals surface area contributed by atoms with Crippen LogP contribution in [0.4, 0.5) is 5.69 Å². The summed E-state index contributed by atoms with van der Waals surface area (Å²) in [5.41, 5.74) is 0.664. The minimum atomic E-state index is -0.555. The smallest absolute Gasteiger partial charge is 0.265 e. The monoisotopic (exact) mass is 306 g/mol. The topological polar surface area (TPSA) is 51.2 Å². The zero-order chi connectivity index (χ0) is 16.1. The summed E-state index contributed by atoms with van der Waals surface area (Å²) in [5, 5.41) is 4.93. The molecule has 1 amide bonds. The molecule has 0 bridgehead atoms. The second-order valence-corrected chi connectivity index (χ2v) is 5.22. The standard InChI is InChI=1S/C19H18N2O2/c1-2-17(19(22)21-15-9-6-12-20-13-15)23-18-11-5-8-14-7-3-4-10-16(14)18/h3-13,17H,2H2,1H3,(H,21,22)/t17-/m0/s1. The van der Waals surface area contributed by atoms with Gasteiger partial charge in [0.15, 0.2) is 6.10 Å². The molecule has 0 saturated carbocycles. The fourth-order valence-corrected chi connectivity index (χ4v) is 2.43. The van der Waals surface area contributed by atoms with Gasteiger partial charge in [0.05, 0.1) is 11.9 Å². The Balaban J connectivity index is 1.80. The van der Waals surface area contributed by atoms with E-state index in [0.717, 1.165) is 16.5 Å². The van der Waals surface area contributed by atoms with Crippen molar-refractivity contribution in [3.63, 3.8) is 0 Å². The van der Waals surface area contributed by atoms with Crippen molar-refractivity contribution in [1.29, 1.82) is 0 Å². The van der Waals surface area contributed by atoms with Gasteiger partial charge in [-0.15, -0.1) is 0 Å². The number of pyridine rings is 1. The van der Waals surface area contributed by atoms with E-state index in [1.165, 1.54) is 0 Å². The molecule has 116 valence electrons. The van der Waals surface area contributed by atoms with Crippen LogP contribution in [0.2, 0.25) is 0 Å². The van der Waals surface area contributed by atoms with E-state index in [-0.39, 0.29) is 5.91 Å². The van der Waals surface area contributed by atoms with Crippen molar-refractivity contribution < 1.29 is 9.53 Å². The molecule has 4 heteroatoms. The predicted octanol–water partition coefficient (Wildman–Crippen LogP) is 4.03. The molecule has 0 spiro atoms. The Morgan fingerprint density at radius 3 is 2.74 bits per heavy atom. The maximum atomic E-state index is 12.4. The summed E-state index contributed by atoms with van der Waals surface area (Å²) < 4.78 is 5.98. The first-order valence-corrected chi connectivity index (χ1v) is 7.63. The molecular weight excluding hydrogens is 288 g/mol. The summed E-state index contributed by atoms with van der Waals surface area (Å²) in [4.78, 5) is 16.4. The van der Waals surface area contributed by atoms with Gasteiger partial charge in [-0.25, -0.2) is 0 Å². The Hall–Kier alpha value is -2.88. The first-order valence-electron chi connectivity index (χ1n) is 7.63. The second-order valence-electron chi connectivity index (χ2n) is 5.22. The van der Waals surface area contributed by atoms with Gasteiger partial charge in [-0.1, -0.05) is 43.3 Å². The number of benzene rings is 2. The van der Waals surface area contributed by atoms with Crippen molar-refractivity contribution in [2.45, 2.75) is 19.4 Å². The fourth-order valence-electron chi connectivity index (χ4n) is 2.43. The average molecular weight is 306 g/mol. The number of nitrogens with zero attached hydrogens (tertiary/aromatic N) is 1. The molecule has 1 heterocycles. The van der Waals surface area contributed by atoms with Crippen LogP contribution in [0.5, 0.6) is 5.75 Å². The number of nitrogens with one attached hydrogen (secondary N) is 1. The van der Waals surface area contributed by atoms with E-state index in [0.29, 0.717) is 12.1 Å². The highest BCUT2D eigenvalue weighted by Crippen LogP contribution is 2.26. The molecule has 0 unspecified atom stereocenters. The van der Waals surface area contributed by atoms with Crippen LogP contribution in [0.25, 0.3) is 10.8 Å². The van der Waals surface area contributed by atoms with Gasteiger partial charge in [0.1, 0.15) is 5.75 Å². The molecule has 3 aromatic rings. The van der Waals surface area contributed by atoms with Crippen molar-refractivity contribution in [2.75, 3.05) is 5.32 Å². The minimum Gasteiger partial charge on any atom is -0.480 e. The second kappa shape index (κ2) is 6.92. The van der Waals surface area contributed by atoms with E-state index in [9.17, 15) is 4.79 Å². The average Bonchev–Trinajstić information content (AvgIpc) is 2.60. The molecule has 0 saturated heterocycles. The van der Waals surface area contributed by atoms with Crippen LogP contribution in [0.15, 0.2) is 67.0 Å². The van der Waals surface area contributed by atoms with Gasteiger partial charge in [-0.2, -0.15) is 0 Å². The van der Waals surface area contributed by atoms with E-state index >= 15 is 0 Å². The molecule has 0 aliphatic rings. The lowest BCUT2D eigenvalue weighted by Gasteiger charge is -2.18. The molecule has 0 radical (unpaired) electrons. The number of hydrogen-bond acceptors (Lipinski definition) is 3. The molecule has 1 aromatic heterocycles. The quantitative estimate of drug-likeness (QED) is 0.774. The largest absolute Gasteiger partial charge is 0.480 e. The zero-order valence-corrected chi connectivity index (χ0v) is 12.9. The molecular formula is C19H18N2O2. The van der Waals surface area contributed by atoms with Crippen LogP contribution in [-0.4, -0.2) is 17.0 Å². The number of carbonyl (C=O) groups excluding carboxylic acids is 1. The van der Waals surface area contributed by atoms with Gasteiger partial charge in [0.2, 0.25) is 0 Å². The van der Waals surface area contributed by atoms with Crippen molar-refractivity contribution in [1.82, 2.24) is 4.98 Å². The van der Waals surface area contributed by atoms with E-state index < -0.39 is 6.10 Å². The molecule has 2 aromatic carbocycles. The maximum absolute atomic E-state index is 12.4.